The van der Waals surface area contributed by atoms with E-state index in [1.807, 2.05) is 6.92 Å². The maximum Gasteiger partial charge on any atom is 0.413 e. The molecule has 132 valence electrons. The molecule has 0 bridgehead atoms. The van der Waals surface area contributed by atoms with Crippen LogP contribution in [-0.2, 0) is 14.3 Å². The Morgan fingerprint density at radius 1 is 1.04 bits per heavy atom. The van der Waals surface area contributed by atoms with Gasteiger partial charge in [-0.05, 0) is 32.2 Å². The zero-order valence-electron chi connectivity index (χ0n) is 14.2. The molecule has 0 aromatic heterocycles. The smallest absolute Gasteiger partial charge is 0.413 e. The highest BCUT2D eigenvalue weighted by Crippen LogP contribution is 2.22. The Morgan fingerprint density at radius 2 is 1.70 bits per heavy atom. The SMILES string of the molecule is CCOC(=O)NC(=O)CN(CC)CC(=O)NCC1CCCCC1. The highest BCUT2D eigenvalue weighted by molar-refractivity contribution is 5.93. The summed E-state index contributed by atoms with van der Waals surface area (Å²) in [4.78, 5) is 36.5. The predicted molar refractivity (Wildman–Crippen MR) is 86.9 cm³/mol. The standard InChI is InChI=1S/C16H29N3O4/c1-3-19(12-15(21)18-16(22)23-4-2)11-14(20)17-10-13-8-6-5-7-9-13/h13H,3-12H2,1-2H3,(H,17,20)(H,18,21,22). The molecule has 0 spiro atoms. The molecular formula is C16H29N3O4. The molecule has 0 radical (unpaired) electrons. The van der Waals surface area contributed by atoms with Crippen molar-refractivity contribution in [3.63, 3.8) is 0 Å². The van der Waals surface area contributed by atoms with E-state index in [9.17, 15) is 14.4 Å². The zero-order chi connectivity index (χ0) is 17.1. The van der Waals surface area contributed by atoms with E-state index in [4.69, 9.17) is 0 Å². The number of carbonyl (C=O) groups is 3. The molecule has 2 N–H and O–H groups in total. The number of imide groups is 1. The molecular weight excluding hydrogens is 298 g/mol. The van der Waals surface area contributed by atoms with Crippen LogP contribution in [0.15, 0.2) is 0 Å². The number of likely N-dealkylation sites (N-methyl/N-ethyl adjacent to an activating group) is 1. The van der Waals surface area contributed by atoms with E-state index in [-0.39, 0.29) is 25.6 Å². The lowest BCUT2D eigenvalue weighted by Crippen LogP contribution is -2.44. The number of alkyl carbamates (subject to hydrolysis) is 1. The van der Waals surface area contributed by atoms with Gasteiger partial charge in [0.05, 0.1) is 19.7 Å². The molecule has 1 rings (SSSR count). The van der Waals surface area contributed by atoms with Gasteiger partial charge >= 0.3 is 6.09 Å². The van der Waals surface area contributed by atoms with Crippen molar-refractivity contribution in [2.45, 2.75) is 46.0 Å². The third kappa shape index (κ3) is 8.54. The van der Waals surface area contributed by atoms with E-state index < -0.39 is 12.0 Å². The van der Waals surface area contributed by atoms with Gasteiger partial charge in [-0.1, -0.05) is 26.2 Å². The summed E-state index contributed by atoms with van der Waals surface area (Å²) in [7, 11) is 0. The van der Waals surface area contributed by atoms with Gasteiger partial charge in [-0.15, -0.1) is 0 Å². The molecule has 1 aliphatic rings. The number of rotatable bonds is 8. The fourth-order valence-corrected chi connectivity index (χ4v) is 2.71. The summed E-state index contributed by atoms with van der Waals surface area (Å²) < 4.78 is 4.65. The highest BCUT2D eigenvalue weighted by Gasteiger charge is 2.17. The van der Waals surface area contributed by atoms with Gasteiger partial charge in [0.2, 0.25) is 11.8 Å². The van der Waals surface area contributed by atoms with Crippen molar-refractivity contribution in [3.05, 3.63) is 0 Å². The minimum atomic E-state index is -0.754. The van der Waals surface area contributed by atoms with Gasteiger partial charge in [0.15, 0.2) is 0 Å². The van der Waals surface area contributed by atoms with E-state index in [2.05, 4.69) is 15.4 Å². The average molecular weight is 327 g/mol. The molecule has 1 saturated carbocycles. The first-order chi connectivity index (χ1) is 11.0. The second kappa shape index (κ2) is 11.0. The van der Waals surface area contributed by atoms with Crippen molar-refractivity contribution in [2.24, 2.45) is 5.92 Å². The van der Waals surface area contributed by atoms with Gasteiger partial charge in [0.25, 0.3) is 0 Å². The third-order valence-corrected chi connectivity index (χ3v) is 4.01. The molecule has 0 heterocycles. The molecule has 1 fully saturated rings. The minimum Gasteiger partial charge on any atom is -0.450 e. The van der Waals surface area contributed by atoms with Crippen LogP contribution in [0.5, 0.6) is 0 Å². The first-order valence-electron chi connectivity index (χ1n) is 8.50. The van der Waals surface area contributed by atoms with Crippen molar-refractivity contribution < 1.29 is 19.1 Å². The summed E-state index contributed by atoms with van der Waals surface area (Å²) in [5.41, 5.74) is 0. The van der Waals surface area contributed by atoms with Gasteiger partial charge in [0.1, 0.15) is 0 Å². The van der Waals surface area contributed by atoms with Gasteiger partial charge in [-0.3, -0.25) is 19.8 Å². The van der Waals surface area contributed by atoms with Crippen LogP contribution in [-0.4, -0.2) is 55.6 Å². The molecule has 3 amide bonds. The van der Waals surface area contributed by atoms with Crippen LogP contribution in [0, 0.1) is 5.92 Å². The minimum absolute atomic E-state index is 0.00777. The second-order valence-electron chi connectivity index (χ2n) is 5.88. The summed E-state index contributed by atoms with van der Waals surface area (Å²) in [6, 6.07) is 0. The lowest BCUT2D eigenvalue weighted by molar-refractivity contribution is -0.124. The molecule has 0 aromatic carbocycles. The average Bonchev–Trinajstić information content (AvgIpc) is 2.53. The quantitative estimate of drug-likeness (QED) is 0.701. The van der Waals surface area contributed by atoms with E-state index in [0.717, 1.165) is 0 Å². The fourth-order valence-electron chi connectivity index (χ4n) is 2.71. The van der Waals surface area contributed by atoms with Crippen molar-refractivity contribution >= 4 is 17.9 Å². The molecule has 0 atom stereocenters. The lowest BCUT2D eigenvalue weighted by Gasteiger charge is -2.23. The Balaban J connectivity index is 2.26. The molecule has 0 saturated heterocycles. The third-order valence-electron chi connectivity index (χ3n) is 4.01. The molecule has 23 heavy (non-hydrogen) atoms. The number of hydrogen-bond donors (Lipinski definition) is 2. The van der Waals surface area contributed by atoms with Crippen LogP contribution in [0.2, 0.25) is 0 Å². The lowest BCUT2D eigenvalue weighted by atomic mass is 9.89. The maximum absolute atomic E-state index is 12.0. The Morgan fingerprint density at radius 3 is 2.30 bits per heavy atom. The van der Waals surface area contributed by atoms with Crippen LogP contribution in [0.3, 0.4) is 0 Å². The number of hydrogen-bond acceptors (Lipinski definition) is 5. The first-order valence-corrected chi connectivity index (χ1v) is 8.50. The Hall–Kier alpha value is -1.63. The number of ether oxygens (including phenoxy) is 1. The van der Waals surface area contributed by atoms with Gasteiger partial charge in [-0.25, -0.2) is 4.79 Å². The fraction of sp³-hybridized carbons (Fsp3) is 0.812. The van der Waals surface area contributed by atoms with Crippen molar-refractivity contribution in [1.29, 1.82) is 0 Å². The molecule has 1 aliphatic carbocycles. The monoisotopic (exact) mass is 327 g/mol. The van der Waals surface area contributed by atoms with Gasteiger partial charge in [-0.2, -0.15) is 0 Å². The second-order valence-corrected chi connectivity index (χ2v) is 5.88. The zero-order valence-corrected chi connectivity index (χ0v) is 14.2. The molecule has 7 nitrogen and oxygen atoms in total. The Labute approximate surface area is 138 Å². The van der Waals surface area contributed by atoms with Crippen molar-refractivity contribution in [3.8, 4) is 0 Å². The predicted octanol–water partition coefficient (Wildman–Crippen LogP) is 1.28. The number of amides is 3. The van der Waals surface area contributed by atoms with E-state index in [1.54, 1.807) is 11.8 Å². The van der Waals surface area contributed by atoms with Crippen LogP contribution >= 0.6 is 0 Å². The van der Waals surface area contributed by atoms with Crippen LogP contribution < -0.4 is 10.6 Å². The molecule has 0 unspecified atom stereocenters. The van der Waals surface area contributed by atoms with Gasteiger partial charge in [0, 0.05) is 6.54 Å². The van der Waals surface area contributed by atoms with Crippen molar-refractivity contribution in [2.75, 3.05) is 32.8 Å². The molecule has 0 aliphatic heterocycles. The largest absolute Gasteiger partial charge is 0.450 e. The van der Waals surface area contributed by atoms with Crippen LogP contribution in [0.4, 0.5) is 4.79 Å². The summed E-state index contributed by atoms with van der Waals surface area (Å²) in [6.07, 6.45) is 5.39. The van der Waals surface area contributed by atoms with Crippen LogP contribution in [0.25, 0.3) is 0 Å². The topological polar surface area (TPSA) is 87.7 Å². The summed E-state index contributed by atoms with van der Waals surface area (Å²) in [5, 5.41) is 5.08. The van der Waals surface area contributed by atoms with Gasteiger partial charge < -0.3 is 10.1 Å². The number of nitrogens with one attached hydrogen (secondary N) is 2. The summed E-state index contributed by atoms with van der Waals surface area (Å²) in [6.45, 7) is 5.15. The maximum atomic E-state index is 12.0. The Bertz CT molecular complexity index is 395. The van der Waals surface area contributed by atoms with E-state index in [1.165, 1.54) is 32.1 Å². The number of carbonyl (C=O) groups excluding carboxylic acids is 3. The summed E-state index contributed by atoms with van der Waals surface area (Å²) >= 11 is 0. The molecule has 0 aromatic rings. The summed E-state index contributed by atoms with van der Waals surface area (Å²) in [5.74, 6) is 0.0293. The van der Waals surface area contributed by atoms with Crippen molar-refractivity contribution in [1.82, 2.24) is 15.5 Å². The van der Waals surface area contributed by atoms with E-state index in [0.29, 0.717) is 19.0 Å². The number of nitrogens with zero attached hydrogens (tertiary/aromatic N) is 1. The molecule has 7 heteroatoms. The van der Waals surface area contributed by atoms with Crippen LogP contribution in [0.1, 0.15) is 46.0 Å². The highest BCUT2D eigenvalue weighted by atomic mass is 16.5. The van der Waals surface area contributed by atoms with E-state index >= 15 is 0 Å². The normalized spacial score (nSPS) is 15.3. The first kappa shape index (κ1) is 19.4. The Kier molecular flexibility index (Phi) is 9.28.